The number of carbonyl (C=O) groups is 1. The van der Waals surface area contributed by atoms with Gasteiger partial charge in [-0.25, -0.2) is 0 Å². The zero-order valence-electron chi connectivity index (χ0n) is 20.1. The summed E-state index contributed by atoms with van der Waals surface area (Å²) in [6, 6.07) is 0. The van der Waals surface area contributed by atoms with Crippen LogP contribution in [0.25, 0.3) is 0 Å². The first kappa shape index (κ1) is 34.8. The Bertz CT molecular complexity index is 362. The minimum atomic E-state index is -0.252. The van der Waals surface area contributed by atoms with E-state index in [0.29, 0.717) is 0 Å². The number of carbonyl (C=O) groups excluding carboxylic acids is 1. The zero-order chi connectivity index (χ0) is 21.2. The summed E-state index contributed by atoms with van der Waals surface area (Å²) < 4.78 is 0. The topological polar surface area (TPSA) is 17.1 Å². The van der Waals surface area contributed by atoms with E-state index in [9.17, 15) is 4.79 Å². The van der Waals surface area contributed by atoms with Crippen LogP contribution in [0.5, 0.6) is 0 Å². The van der Waals surface area contributed by atoms with E-state index in [0.717, 1.165) is 25.7 Å². The predicted molar refractivity (Wildman–Crippen MR) is 120 cm³/mol. The molecule has 0 amide bonds. The Morgan fingerprint density at radius 2 is 1.26 bits per heavy atom. The maximum absolute atomic E-state index is 11.8. The van der Waals surface area contributed by atoms with Crippen LogP contribution < -0.4 is 0 Å². The number of hydrogen-bond acceptors (Lipinski definition) is 1. The molecule has 0 aromatic carbocycles. The van der Waals surface area contributed by atoms with Gasteiger partial charge in [-0.05, 0) is 18.3 Å². The smallest absolute Gasteiger partial charge is 0.111 e. The van der Waals surface area contributed by atoms with Crippen LogP contribution in [0.3, 0.4) is 0 Å². The molecule has 159 valence electrons. The summed E-state index contributed by atoms with van der Waals surface area (Å²) in [5.41, 5.74) is -0.0645. The third-order valence-electron chi connectivity index (χ3n) is 3.45. The number of rotatable bonds is 2. The van der Waals surface area contributed by atoms with Gasteiger partial charge in [0, 0.05) is 51.0 Å². The van der Waals surface area contributed by atoms with Crippen LogP contribution in [0.2, 0.25) is 0 Å². The van der Waals surface area contributed by atoms with Gasteiger partial charge in [0.1, 0.15) is 5.78 Å². The van der Waals surface area contributed by atoms with Gasteiger partial charge in [-0.2, -0.15) is 6.42 Å². The molecule has 0 saturated carbocycles. The monoisotopic (exact) mass is 453 g/mol. The molecule has 1 aliphatic carbocycles. The molecule has 1 atom stereocenters. The van der Waals surface area contributed by atoms with E-state index in [2.05, 4.69) is 46.5 Å². The fraction of sp³-hybridized carbons (Fsp3) is 0.800. The molecule has 0 fully saturated rings. The van der Waals surface area contributed by atoms with E-state index in [4.69, 9.17) is 0 Å². The van der Waals surface area contributed by atoms with E-state index in [1.165, 1.54) is 25.7 Å². The fourth-order valence-corrected chi connectivity index (χ4v) is 2.40. The van der Waals surface area contributed by atoms with Crippen molar-refractivity contribution in [3.63, 3.8) is 0 Å². The Labute approximate surface area is 198 Å². The molecular formula is C25H48OY-2. The Hall–Kier alpha value is 0.334. The zero-order valence-corrected chi connectivity index (χ0v) is 23.0. The van der Waals surface area contributed by atoms with Crippen molar-refractivity contribution in [3.05, 3.63) is 13.8 Å². The summed E-state index contributed by atoms with van der Waals surface area (Å²) >= 11 is 0. The van der Waals surface area contributed by atoms with Crippen molar-refractivity contribution >= 4 is 5.78 Å². The quantitative estimate of drug-likeness (QED) is 0.305. The average Bonchev–Trinajstić information content (AvgIpc) is 2.46. The Kier molecular flexibility index (Phi) is 27.1. The van der Waals surface area contributed by atoms with Gasteiger partial charge in [0.25, 0.3) is 0 Å². The SMILES string of the molecule is C1#CCCCCCC1.CC.[CH2-]C(CC(C)(C)C)C(=O)C(C)(C)C.[CH2-]CC.[Y]. The molecule has 1 aliphatic rings. The molecule has 0 aliphatic heterocycles. The maximum atomic E-state index is 11.8. The summed E-state index contributed by atoms with van der Waals surface area (Å²) in [5.74, 6) is 6.47. The first-order chi connectivity index (χ1) is 12.0. The van der Waals surface area contributed by atoms with Crippen molar-refractivity contribution in [2.75, 3.05) is 0 Å². The van der Waals surface area contributed by atoms with Crippen LogP contribution >= 0.6 is 0 Å². The minimum absolute atomic E-state index is 0. The third-order valence-corrected chi connectivity index (χ3v) is 3.45. The molecular weight excluding hydrogens is 405 g/mol. The van der Waals surface area contributed by atoms with Crippen LogP contribution in [0.4, 0.5) is 0 Å². The number of Topliss-reactive ketones (excluding diaryl/α,β-unsaturated/α-hetero) is 1. The first-order valence-electron chi connectivity index (χ1n) is 10.6. The Morgan fingerprint density at radius 1 is 0.926 bits per heavy atom. The fourth-order valence-electron chi connectivity index (χ4n) is 2.40. The van der Waals surface area contributed by atoms with E-state index in [1.807, 2.05) is 41.5 Å². The van der Waals surface area contributed by atoms with Crippen LogP contribution in [0.15, 0.2) is 0 Å². The first-order valence-corrected chi connectivity index (χ1v) is 10.6. The summed E-state index contributed by atoms with van der Waals surface area (Å²) in [4.78, 5) is 11.8. The summed E-state index contributed by atoms with van der Waals surface area (Å²) in [7, 11) is 0. The average molecular weight is 454 g/mol. The Morgan fingerprint density at radius 3 is 1.52 bits per heavy atom. The second-order valence-corrected chi connectivity index (χ2v) is 8.84. The predicted octanol–water partition coefficient (Wildman–Crippen LogP) is 8.09. The van der Waals surface area contributed by atoms with E-state index < -0.39 is 0 Å². The molecule has 27 heavy (non-hydrogen) atoms. The molecule has 0 aromatic rings. The molecule has 0 saturated heterocycles. The van der Waals surface area contributed by atoms with Gasteiger partial charge in [-0.15, -0.1) is 17.8 Å². The van der Waals surface area contributed by atoms with Gasteiger partial charge in [-0.3, -0.25) is 0 Å². The number of hydrogen-bond donors (Lipinski definition) is 0. The van der Waals surface area contributed by atoms with E-state index >= 15 is 0 Å². The largest absolute Gasteiger partial charge is 0.344 e. The summed E-state index contributed by atoms with van der Waals surface area (Å²) in [5, 5.41) is 0. The molecule has 1 unspecified atom stereocenters. The van der Waals surface area contributed by atoms with Crippen molar-refractivity contribution < 1.29 is 37.5 Å². The molecule has 1 rings (SSSR count). The van der Waals surface area contributed by atoms with Gasteiger partial charge < -0.3 is 18.6 Å². The molecule has 2 heteroatoms. The summed E-state index contributed by atoms with van der Waals surface area (Å²) in [6.07, 6.45) is 9.59. The van der Waals surface area contributed by atoms with E-state index in [1.54, 1.807) is 0 Å². The van der Waals surface area contributed by atoms with Crippen LogP contribution in [0.1, 0.15) is 114 Å². The molecule has 0 aromatic heterocycles. The third kappa shape index (κ3) is 28.6. The van der Waals surface area contributed by atoms with Crippen molar-refractivity contribution in [3.8, 4) is 11.8 Å². The van der Waals surface area contributed by atoms with Crippen LogP contribution in [0, 0.1) is 42.4 Å². The standard InChI is InChI=1S/C12H23O.C8H12.C3H7.C2H6.Y/c1-9(8-11(2,3)4)10(13)12(5,6)7;1-2-4-6-8-7-5-3-1;1-3-2;1-2;/h9H,1,8H2,2-7H3;1-6H2;1,3H2,2H3;1-2H3;/q-1;;-1;;. The van der Waals surface area contributed by atoms with Gasteiger partial charge in [0.2, 0.25) is 0 Å². The molecule has 0 N–H and O–H groups in total. The summed E-state index contributed by atoms with van der Waals surface area (Å²) in [6.45, 7) is 25.7. The van der Waals surface area contributed by atoms with Crippen LogP contribution in [-0.4, -0.2) is 5.78 Å². The normalized spacial score (nSPS) is 14.3. The molecule has 1 radical (unpaired) electrons. The van der Waals surface area contributed by atoms with Crippen molar-refractivity contribution in [2.45, 2.75) is 114 Å². The van der Waals surface area contributed by atoms with Crippen molar-refractivity contribution in [1.82, 2.24) is 0 Å². The molecule has 0 spiro atoms. The maximum Gasteiger partial charge on any atom is 0.111 e. The van der Waals surface area contributed by atoms with Gasteiger partial charge in [-0.1, -0.05) is 81.6 Å². The van der Waals surface area contributed by atoms with Crippen molar-refractivity contribution in [1.29, 1.82) is 0 Å². The second-order valence-electron chi connectivity index (χ2n) is 8.84. The second kappa shape index (κ2) is 21.1. The molecule has 1 nitrogen and oxygen atoms in total. The van der Waals surface area contributed by atoms with Gasteiger partial charge in [0.05, 0.1) is 0 Å². The van der Waals surface area contributed by atoms with Crippen molar-refractivity contribution in [2.24, 2.45) is 16.7 Å². The minimum Gasteiger partial charge on any atom is -0.344 e. The Balaban J connectivity index is -0.000000161. The van der Waals surface area contributed by atoms with E-state index in [-0.39, 0.29) is 55.2 Å². The van der Waals surface area contributed by atoms with Gasteiger partial charge >= 0.3 is 0 Å². The van der Waals surface area contributed by atoms with Gasteiger partial charge in [0.15, 0.2) is 0 Å². The van der Waals surface area contributed by atoms with Crippen LogP contribution in [-0.2, 0) is 37.5 Å². The molecule has 0 heterocycles. The number of ketones is 1. The molecule has 0 bridgehead atoms.